The summed E-state index contributed by atoms with van der Waals surface area (Å²) in [5.74, 6) is 0. The maximum absolute atomic E-state index is 4.52. The molecular weight excluding hydrogens is 172 g/mol. The van der Waals surface area contributed by atoms with Gasteiger partial charge in [0.25, 0.3) is 0 Å². The van der Waals surface area contributed by atoms with Gasteiger partial charge in [-0.3, -0.25) is 9.88 Å². The number of rotatable bonds is 2. The number of aromatic nitrogens is 1. The molecule has 1 aromatic rings. The van der Waals surface area contributed by atoms with Gasteiger partial charge in [0.05, 0.1) is 11.7 Å². The Morgan fingerprint density at radius 2 is 2.43 bits per heavy atom. The topological polar surface area (TPSA) is 16.1 Å². The lowest BCUT2D eigenvalue weighted by atomic mass is 10.1. The van der Waals surface area contributed by atoms with Crippen LogP contribution in [0.4, 0.5) is 0 Å². The minimum atomic E-state index is 0.571. The van der Waals surface area contributed by atoms with Crippen molar-refractivity contribution in [3.8, 4) is 0 Å². The standard InChI is InChI=1S/C12H18N2/c1-3-14-9-5-7-11(14)12-10(2)6-4-8-13-12/h4,6,8,11H,3,5,7,9H2,1-2H3/t11-/m1/s1. The molecule has 1 atom stereocenters. The molecule has 2 heteroatoms. The minimum Gasteiger partial charge on any atom is -0.295 e. The number of aryl methyl sites for hydroxylation is 1. The molecule has 76 valence electrons. The fourth-order valence-electron chi connectivity index (χ4n) is 2.36. The fourth-order valence-corrected chi connectivity index (χ4v) is 2.36. The van der Waals surface area contributed by atoms with E-state index in [-0.39, 0.29) is 0 Å². The zero-order valence-electron chi connectivity index (χ0n) is 9.03. The van der Waals surface area contributed by atoms with Crippen LogP contribution in [0.25, 0.3) is 0 Å². The third-order valence-corrected chi connectivity index (χ3v) is 3.14. The smallest absolute Gasteiger partial charge is 0.0604 e. The van der Waals surface area contributed by atoms with E-state index in [1.165, 1.54) is 30.6 Å². The van der Waals surface area contributed by atoms with E-state index >= 15 is 0 Å². The molecule has 0 saturated carbocycles. The molecule has 1 saturated heterocycles. The van der Waals surface area contributed by atoms with Crippen LogP contribution in [0.15, 0.2) is 18.3 Å². The second-order valence-corrected chi connectivity index (χ2v) is 3.99. The molecule has 14 heavy (non-hydrogen) atoms. The van der Waals surface area contributed by atoms with Crippen molar-refractivity contribution in [1.82, 2.24) is 9.88 Å². The third-order valence-electron chi connectivity index (χ3n) is 3.14. The van der Waals surface area contributed by atoms with Gasteiger partial charge in [0.1, 0.15) is 0 Å². The monoisotopic (exact) mass is 190 g/mol. The van der Waals surface area contributed by atoms with Crippen molar-refractivity contribution in [3.05, 3.63) is 29.6 Å². The fraction of sp³-hybridized carbons (Fsp3) is 0.583. The molecule has 0 radical (unpaired) electrons. The first kappa shape index (κ1) is 9.66. The molecule has 0 unspecified atom stereocenters. The number of pyridine rings is 1. The van der Waals surface area contributed by atoms with Crippen molar-refractivity contribution in [3.63, 3.8) is 0 Å². The Kier molecular flexibility index (Phi) is 2.82. The maximum Gasteiger partial charge on any atom is 0.0604 e. The van der Waals surface area contributed by atoms with Crippen LogP contribution in [0.5, 0.6) is 0 Å². The second kappa shape index (κ2) is 4.09. The van der Waals surface area contributed by atoms with Crippen molar-refractivity contribution >= 4 is 0 Å². The molecule has 1 aromatic heterocycles. The van der Waals surface area contributed by atoms with Gasteiger partial charge in [-0.2, -0.15) is 0 Å². The van der Waals surface area contributed by atoms with Crippen LogP contribution in [0.3, 0.4) is 0 Å². The minimum absolute atomic E-state index is 0.571. The quantitative estimate of drug-likeness (QED) is 0.712. The third kappa shape index (κ3) is 1.67. The first-order chi connectivity index (χ1) is 6.83. The van der Waals surface area contributed by atoms with Gasteiger partial charge >= 0.3 is 0 Å². The van der Waals surface area contributed by atoms with Crippen molar-refractivity contribution in [2.24, 2.45) is 0 Å². The molecule has 1 fully saturated rings. The highest BCUT2D eigenvalue weighted by Gasteiger charge is 2.26. The average molecular weight is 190 g/mol. The Hall–Kier alpha value is -0.890. The summed E-state index contributed by atoms with van der Waals surface area (Å²) in [7, 11) is 0. The van der Waals surface area contributed by atoms with Crippen LogP contribution in [0, 0.1) is 6.92 Å². The summed E-state index contributed by atoms with van der Waals surface area (Å²) >= 11 is 0. The SMILES string of the molecule is CCN1CCC[C@@H]1c1ncccc1C. The van der Waals surface area contributed by atoms with Crippen molar-refractivity contribution in [2.45, 2.75) is 32.7 Å². The molecule has 2 heterocycles. The average Bonchev–Trinajstić information content (AvgIpc) is 2.66. The highest BCUT2D eigenvalue weighted by atomic mass is 15.2. The summed E-state index contributed by atoms with van der Waals surface area (Å²) in [6, 6.07) is 4.75. The first-order valence-electron chi connectivity index (χ1n) is 5.48. The molecule has 2 nitrogen and oxygen atoms in total. The molecule has 0 amide bonds. The Morgan fingerprint density at radius 3 is 3.14 bits per heavy atom. The van der Waals surface area contributed by atoms with Crippen molar-refractivity contribution in [1.29, 1.82) is 0 Å². The molecule has 1 aliphatic rings. The lowest BCUT2D eigenvalue weighted by Crippen LogP contribution is -2.23. The van der Waals surface area contributed by atoms with E-state index in [1.807, 2.05) is 12.3 Å². The van der Waals surface area contributed by atoms with Crippen LogP contribution in [-0.4, -0.2) is 23.0 Å². The van der Waals surface area contributed by atoms with Crippen LogP contribution in [0.1, 0.15) is 37.1 Å². The van der Waals surface area contributed by atoms with Gasteiger partial charge in [0, 0.05) is 6.20 Å². The summed E-state index contributed by atoms with van der Waals surface area (Å²) in [5.41, 5.74) is 2.62. The molecule has 2 rings (SSSR count). The van der Waals surface area contributed by atoms with E-state index in [9.17, 15) is 0 Å². The van der Waals surface area contributed by atoms with Gasteiger partial charge in [-0.25, -0.2) is 0 Å². The second-order valence-electron chi connectivity index (χ2n) is 3.99. The Morgan fingerprint density at radius 1 is 1.57 bits per heavy atom. The van der Waals surface area contributed by atoms with Gasteiger partial charge in [-0.1, -0.05) is 13.0 Å². The van der Waals surface area contributed by atoms with Crippen LogP contribution >= 0.6 is 0 Å². The van der Waals surface area contributed by atoms with E-state index in [0.717, 1.165) is 6.54 Å². The van der Waals surface area contributed by atoms with Crippen LogP contribution in [0.2, 0.25) is 0 Å². The number of hydrogen-bond donors (Lipinski definition) is 0. The van der Waals surface area contributed by atoms with E-state index in [0.29, 0.717) is 6.04 Å². The molecule has 0 spiro atoms. The summed E-state index contributed by atoms with van der Waals surface area (Å²) in [5, 5.41) is 0. The first-order valence-corrected chi connectivity index (χ1v) is 5.48. The lowest BCUT2D eigenvalue weighted by molar-refractivity contribution is 0.266. The predicted octanol–water partition coefficient (Wildman–Crippen LogP) is 2.55. The van der Waals surface area contributed by atoms with E-state index in [4.69, 9.17) is 0 Å². The Bertz CT molecular complexity index is 309. The Labute approximate surface area is 86.0 Å². The van der Waals surface area contributed by atoms with Crippen LogP contribution < -0.4 is 0 Å². The normalized spacial score (nSPS) is 22.9. The zero-order chi connectivity index (χ0) is 9.97. The molecule has 0 N–H and O–H groups in total. The van der Waals surface area contributed by atoms with Gasteiger partial charge in [0.2, 0.25) is 0 Å². The Balaban J connectivity index is 2.26. The number of hydrogen-bond acceptors (Lipinski definition) is 2. The molecule has 1 aliphatic heterocycles. The predicted molar refractivity (Wildman–Crippen MR) is 58.2 cm³/mol. The summed E-state index contributed by atoms with van der Waals surface area (Å²) < 4.78 is 0. The maximum atomic E-state index is 4.52. The largest absolute Gasteiger partial charge is 0.295 e. The number of likely N-dealkylation sites (tertiary alicyclic amines) is 1. The van der Waals surface area contributed by atoms with Gasteiger partial charge in [0.15, 0.2) is 0 Å². The van der Waals surface area contributed by atoms with Crippen molar-refractivity contribution < 1.29 is 0 Å². The van der Waals surface area contributed by atoms with E-state index in [1.54, 1.807) is 0 Å². The molecule has 0 aliphatic carbocycles. The molecule has 0 aromatic carbocycles. The van der Waals surface area contributed by atoms with Crippen molar-refractivity contribution in [2.75, 3.05) is 13.1 Å². The molecule has 0 bridgehead atoms. The highest BCUT2D eigenvalue weighted by Crippen LogP contribution is 2.31. The van der Waals surface area contributed by atoms with Crippen LogP contribution in [-0.2, 0) is 0 Å². The van der Waals surface area contributed by atoms with E-state index < -0.39 is 0 Å². The van der Waals surface area contributed by atoms with E-state index in [2.05, 4.69) is 29.8 Å². The summed E-state index contributed by atoms with van der Waals surface area (Å²) in [4.78, 5) is 7.04. The zero-order valence-corrected chi connectivity index (χ0v) is 9.03. The van der Waals surface area contributed by atoms with Gasteiger partial charge in [-0.15, -0.1) is 0 Å². The van der Waals surface area contributed by atoms with Gasteiger partial charge in [-0.05, 0) is 44.5 Å². The summed E-state index contributed by atoms with van der Waals surface area (Å²) in [6.45, 7) is 6.77. The number of nitrogens with zero attached hydrogens (tertiary/aromatic N) is 2. The lowest BCUT2D eigenvalue weighted by Gasteiger charge is -2.23. The summed E-state index contributed by atoms with van der Waals surface area (Å²) in [6.07, 6.45) is 4.49. The van der Waals surface area contributed by atoms with Gasteiger partial charge < -0.3 is 0 Å². The highest BCUT2D eigenvalue weighted by molar-refractivity contribution is 5.21. The molecular formula is C12H18N2.